The van der Waals surface area contributed by atoms with Crippen LogP contribution in [0.15, 0.2) is 18.5 Å². The van der Waals surface area contributed by atoms with Gasteiger partial charge in [-0.05, 0) is 13.3 Å². The van der Waals surface area contributed by atoms with Crippen LogP contribution in [0.25, 0.3) is 0 Å². The van der Waals surface area contributed by atoms with Crippen molar-refractivity contribution in [2.24, 2.45) is 0 Å². The maximum absolute atomic E-state index is 12.1. The number of hydrogen-bond acceptors (Lipinski definition) is 4. The minimum Gasteiger partial charge on any atom is -0.383 e. The van der Waals surface area contributed by atoms with Crippen molar-refractivity contribution >= 4 is 5.78 Å². The van der Waals surface area contributed by atoms with Gasteiger partial charge < -0.3 is 14.2 Å². The second-order valence-corrected chi connectivity index (χ2v) is 4.72. The number of rotatable bonds is 4. The lowest BCUT2D eigenvalue weighted by Gasteiger charge is -2.14. The predicted octanol–water partition coefficient (Wildman–Crippen LogP) is 1.41. The van der Waals surface area contributed by atoms with Crippen molar-refractivity contribution < 1.29 is 9.53 Å². The fraction of sp³-hybridized carbons (Fsp3) is 0.538. The lowest BCUT2D eigenvalue weighted by atomic mass is 10.2. The molecule has 1 atom stereocenters. The van der Waals surface area contributed by atoms with Crippen LogP contribution < -0.4 is 0 Å². The van der Waals surface area contributed by atoms with Crippen LogP contribution in [0.3, 0.4) is 0 Å². The molecule has 1 aliphatic heterocycles. The van der Waals surface area contributed by atoms with Gasteiger partial charge in [0.15, 0.2) is 0 Å². The molecule has 2 rings (SSSR count). The van der Waals surface area contributed by atoms with Gasteiger partial charge in [0.2, 0.25) is 5.78 Å². The Morgan fingerprint density at radius 3 is 3.00 bits per heavy atom. The first-order chi connectivity index (χ1) is 8.59. The van der Waals surface area contributed by atoms with Crippen LogP contribution in [0.5, 0.6) is 0 Å². The average Bonchev–Trinajstić information content (AvgIpc) is 2.94. The number of aromatic nitrogens is 2. The Morgan fingerprint density at radius 2 is 2.39 bits per heavy atom. The molecule has 0 aliphatic carbocycles. The number of carbonyl (C=O) groups is 1. The van der Waals surface area contributed by atoms with Crippen LogP contribution in [-0.2, 0) is 4.74 Å². The zero-order valence-electron chi connectivity index (χ0n) is 11.1. The van der Waals surface area contributed by atoms with Gasteiger partial charge in [-0.2, -0.15) is 0 Å². The fourth-order valence-corrected chi connectivity index (χ4v) is 2.12. The van der Waals surface area contributed by atoms with Crippen molar-refractivity contribution in [1.29, 1.82) is 0 Å². The van der Waals surface area contributed by atoms with E-state index in [9.17, 15) is 4.79 Å². The number of ether oxygens (including phenoxy) is 1. The highest BCUT2D eigenvalue weighted by atomic mass is 16.5. The molecule has 1 unspecified atom stereocenters. The van der Waals surface area contributed by atoms with E-state index in [0.717, 1.165) is 18.9 Å². The molecule has 0 radical (unpaired) electrons. The van der Waals surface area contributed by atoms with Crippen molar-refractivity contribution in [3.63, 3.8) is 0 Å². The number of allylic oxidation sites excluding steroid dienone is 1. The Balaban J connectivity index is 2.25. The molecule has 18 heavy (non-hydrogen) atoms. The summed E-state index contributed by atoms with van der Waals surface area (Å²) in [5.41, 5.74) is 0.640. The van der Waals surface area contributed by atoms with E-state index in [0.29, 0.717) is 12.3 Å². The topological polar surface area (TPSA) is 47.4 Å². The van der Waals surface area contributed by atoms with Crippen molar-refractivity contribution in [3.05, 3.63) is 30.0 Å². The summed E-state index contributed by atoms with van der Waals surface area (Å²) in [6, 6.07) is 0.235. The smallest absolute Gasteiger partial charge is 0.205 e. The molecule has 0 saturated carbocycles. The minimum atomic E-state index is -0.0174. The summed E-state index contributed by atoms with van der Waals surface area (Å²) in [4.78, 5) is 18.2. The Hall–Kier alpha value is -1.62. The zero-order valence-corrected chi connectivity index (χ0v) is 11.1. The van der Waals surface area contributed by atoms with Crippen molar-refractivity contribution in [2.75, 3.05) is 27.3 Å². The normalized spacial score (nSPS) is 19.6. The van der Waals surface area contributed by atoms with Crippen LogP contribution in [0, 0.1) is 6.92 Å². The van der Waals surface area contributed by atoms with Crippen molar-refractivity contribution in [1.82, 2.24) is 14.5 Å². The molecule has 5 heteroatoms. The van der Waals surface area contributed by atoms with Crippen LogP contribution >= 0.6 is 0 Å². The van der Waals surface area contributed by atoms with Gasteiger partial charge in [-0.3, -0.25) is 4.79 Å². The molecule has 0 spiro atoms. The lowest BCUT2D eigenvalue weighted by molar-refractivity contribution is 0.103. The molecule has 98 valence electrons. The van der Waals surface area contributed by atoms with Gasteiger partial charge in [-0.25, -0.2) is 4.98 Å². The summed E-state index contributed by atoms with van der Waals surface area (Å²) in [7, 11) is 3.77. The number of carbonyl (C=O) groups excluding carboxylic acids is 1. The van der Waals surface area contributed by atoms with Gasteiger partial charge >= 0.3 is 0 Å². The molecule has 1 aromatic rings. The largest absolute Gasteiger partial charge is 0.383 e. The third kappa shape index (κ3) is 2.61. The molecular weight excluding hydrogens is 230 g/mol. The number of ketones is 1. The molecule has 5 nitrogen and oxygen atoms in total. The van der Waals surface area contributed by atoms with E-state index in [2.05, 4.69) is 4.98 Å². The minimum absolute atomic E-state index is 0.0174. The van der Waals surface area contributed by atoms with Crippen LogP contribution in [0.1, 0.15) is 28.8 Å². The first-order valence-electron chi connectivity index (χ1n) is 6.10. The zero-order chi connectivity index (χ0) is 13.1. The third-order valence-electron chi connectivity index (χ3n) is 3.03. The van der Waals surface area contributed by atoms with Gasteiger partial charge in [0, 0.05) is 33.0 Å². The van der Waals surface area contributed by atoms with Crippen LogP contribution in [-0.4, -0.2) is 47.5 Å². The number of imidazole rings is 1. The molecule has 0 amide bonds. The number of hydrogen-bond donors (Lipinski definition) is 0. The molecular formula is C13H19N3O2. The quantitative estimate of drug-likeness (QED) is 0.598. The van der Waals surface area contributed by atoms with Gasteiger partial charge in [0.1, 0.15) is 11.5 Å². The van der Waals surface area contributed by atoms with E-state index in [1.807, 2.05) is 30.5 Å². The van der Waals surface area contributed by atoms with E-state index in [4.69, 9.17) is 4.74 Å². The summed E-state index contributed by atoms with van der Waals surface area (Å²) in [6.45, 7) is 3.34. The van der Waals surface area contributed by atoms with Gasteiger partial charge in [-0.1, -0.05) is 0 Å². The molecule has 0 N–H and O–H groups in total. The Labute approximate surface area is 107 Å². The van der Waals surface area contributed by atoms with Crippen LogP contribution in [0.4, 0.5) is 0 Å². The summed E-state index contributed by atoms with van der Waals surface area (Å²) < 4.78 is 7.38. The molecule has 0 bridgehead atoms. The first kappa shape index (κ1) is 12.8. The predicted molar refractivity (Wildman–Crippen MR) is 68.6 cm³/mol. The summed E-state index contributed by atoms with van der Waals surface area (Å²) in [6.07, 6.45) is 5.91. The molecule has 1 aromatic heterocycles. The Morgan fingerprint density at radius 1 is 1.61 bits per heavy atom. The molecule has 1 saturated heterocycles. The lowest BCUT2D eigenvalue weighted by Crippen LogP contribution is -2.16. The molecule has 1 aliphatic rings. The summed E-state index contributed by atoms with van der Waals surface area (Å²) in [5, 5.41) is 0. The fourth-order valence-electron chi connectivity index (χ4n) is 2.12. The van der Waals surface area contributed by atoms with Crippen LogP contribution in [0.2, 0.25) is 0 Å². The molecule has 2 heterocycles. The summed E-state index contributed by atoms with van der Waals surface area (Å²) in [5.74, 6) is 0.850. The van der Waals surface area contributed by atoms with Crippen molar-refractivity contribution in [2.45, 2.75) is 19.4 Å². The second kappa shape index (κ2) is 5.35. The maximum atomic E-state index is 12.1. The van der Waals surface area contributed by atoms with Gasteiger partial charge in [0.05, 0.1) is 18.8 Å². The SMILES string of the molecule is Cc1ncc(C(=O)C=CN(C)C)n1C1CCOC1. The van der Waals surface area contributed by atoms with E-state index in [1.54, 1.807) is 18.5 Å². The highest BCUT2D eigenvalue weighted by Gasteiger charge is 2.23. The highest BCUT2D eigenvalue weighted by molar-refractivity contribution is 6.03. The molecule has 1 fully saturated rings. The Bertz CT molecular complexity index is 457. The molecule has 0 aromatic carbocycles. The monoisotopic (exact) mass is 249 g/mol. The number of aryl methyl sites for hydroxylation is 1. The summed E-state index contributed by atoms with van der Waals surface area (Å²) >= 11 is 0. The number of nitrogens with zero attached hydrogens (tertiary/aromatic N) is 3. The average molecular weight is 249 g/mol. The maximum Gasteiger partial charge on any atom is 0.205 e. The van der Waals surface area contributed by atoms with Gasteiger partial charge in [0.25, 0.3) is 0 Å². The van der Waals surface area contributed by atoms with E-state index in [-0.39, 0.29) is 11.8 Å². The highest BCUT2D eigenvalue weighted by Crippen LogP contribution is 2.23. The first-order valence-corrected chi connectivity index (χ1v) is 6.10. The Kier molecular flexibility index (Phi) is 3.81. The van der Waals surface area contributed by atoms with E-state index in [1.165, 1.54) is 0 Å². The second-order valence-electron chi connectivity index (χ2n) is 4.72. The standard InChI is InChI=1S/C13H19N3O2/c1-10-14-8-12(13(17)4-6-15(2)3)16(10)11-5-7-18-9-11/h4,6,8,11H,5,7,9H2,1-3H3. The van der Waals surface area contributed by atoms with Gasteiger partial charge in [-0.15, -0.1) is 0 Å². The van der Waals surface area contributed by atoms with E-state index >= 15 is 0 Å². The van der Waals surface area contributed by atoms with Crippen molar-refractivity contribution in [3.8, 4) is 0 Å². The third-order valence-corrected chi connectivity index (χ3v) is 3.03. The van der Waals surface area contributed by atoms with E-state index < -0.39 is 0 Å².